The van der Waals surface area contributed by atoms with E-state index in [2.05, 4.69) is 21.0 Å². The molecule has 0 fully saturated rings. The monoisotopic (exact) mass is 295 g/mol. The molecule has 0 radical (unpaired) electrons. The van der Waals surface area contributed by atoms with Crippen molar-refractivity contribution in [1.82, 2.24) is 9.78 Å². The van der Waals surface area contributed by atoms with E-state index in [-0.39, 0.29) is 0 Å². The number of ether oxygens (including phenoxy) is 1. The van der Waals surface area contributed by atoms with Gasteiger partial charge in [-0.1, -0.05) is 15.9 Å². The molecule has 5 heteroatoms. The maximum absolute atomic E-state index is 5.70. The van der Waals surface area contributed by atoms with Crippen LogP contribution in [-0.4, -0.2) is 16.9 Å². The van der Waals surface area contributed by atoms with Crippen molar-refractivity contribution in [2.75, 3.05) is 7.11 Å². The van der Waals surface area contributed by atoms with Crippen LogP contribution in [-0.2, 0) is 13.6 Å². The lowest BCUT2D eigenvalue weighted by Gasteiger charge is -2.08. The zero-order valence-electron chi connectivity index (χ0n) is 9.77. The standard InChI is InChI=1S/C12H14BrN3O/c1-16-7-10(11(6-14)15-16)9-5-8(13)3-4-12(9)17-2/h3-5,7H,6,14H2,1-2H3. The van der Waals surface area contributed by atoms with Crippen molar-refractivity contribution in [1.29, 1.82) is 0 Å². The van der Waals surface area contributed by atoms with E-state index in [1.807, 2.05) is 31.4 Å². The van der Waals surface area contributed by atoms with Crippen LogP contribution in [0.5, 0.6) is 5.75 Å². The van der Waals surface area contributed by atoms with Crippen molar-refractivity contribution in [2.45, 2.75) is 6.54 Å². The van der Waals surface area contributed by atoms with Crippen LogP contribution < -0.4 is 10.5 Å². The Balaban J connectivity index is 2.61. The van der Waals surface area contributed by atoms with Crippen LogP contribution in [0.2, 0.25) is 0 Å². The molecule has 0 saturated heterocycles. The highest BCUT2D eigenvalue weighted by atomic mass is 79.9. The van der Waals surface area contributed by atoms with E-state index >= 15 is 0 Å². The fourth-order valence-corrected chi connectivity index (χ4v) is 2.16. The first kappa shape index (κ1) is 12.1. The highest BCUT2D eigenvalue weighted by molar-refractivity contribution is 9.10. The molecule has 0 atom stereocenters. The zero-order chi connectivity index (χ0) is 12.4. The first-order valence-corrected chi connectivity index (χ1v) is 6.01. The highest BCUT2D eigenvalue weighted by Crippen LogP contribution is 2.34. The number of aryl methyl sites for hydroxylation is 1. The molecule has 0 saturated carbocycles. The van der Waals surface area contributed by atoms with Gasteiger partial charge in [-0.15, -0.1) is 0 Å². The molecule has 2 N–H and O–H groups in total. The third-order valence-corrected chi connectivity index (χ3v) is 3.04. The van der Waals surface area contributed by atoms with E-state index in [0.717, 1.165) is 27.0 Å². The number of hydrogen-bond donors (Lipinski definition) is 1. The maximum Gasteiger partial charge on any atom is 0.126 e. The van der Waals surface area contributed by atoms with Gasteiger partial charge in [0.25, 0.3) is 0 Å². The molecule has 0 amide bonds. The van der Waals surface area contributed by atoms with Crippen LogP contribution in [0.4, 0.5) is 0 Å². The van der Waals surface area contributed by atoms with Gasteiger partial charge >= 0.3 is 0 Å². The van der Waals surface area contributed by atoms with Crippen LogP contribution in [0.15, 0.2) is 28.9 Å². The van der Waals surface area contributed by atoms with Gasteiger partial charge in [0.2, 0.25) is 0 Å². The third kappa shape index (κ3) is 2.35. The molecular formula is C12H14BrN3O. The van der Waals surface area contributed by atoms with Gasteiger partial charge < -0.3 is 10.5 Å². The SMILES string of the molecule is COc1ccc(Br)cc1-c1cn(C)nc1CN. The zero-order valence-corrected chi connectivity index (χ0v) is 11.4. The predicted octanol–water partition coefficient (Wildman–Crippen LogP) is 2.32. The summed E-state index contributed by atoms with van der Waals surface area (Å²) in [5.74, 6) is 0.816. The van der Waals surface area contributed by atoms with Gasteiger partial charge in [-0.25, -0.2) is 0 Å². The first-order valence-electron chi connectivity index (χ1n) is 5.22. The molecule has 1 aromatic carbocycles. The fourth-order valence-electron chi connectivity index (χ4n) is 1.80. The maximum atomic E-state index is 5.70. The molecule has 0 aliphatic rings. The predicted molar refractivity (Wildman–Crippen MR) is 70.8 cm³/mol. The van der Waals surface area contributed by atoms with Crippen LogP contribution in [0.25, 0.3) is 11.1 Å². The van der Waals surface area contributed by atoms with Gasteiger partial charge in [0.05, 0.1) is 12.8 Å². The average molecular weight is 296 g/mol. The van der Waals surface area contributed by atoms with E-state index in [0.29, 0.717) is 6.54 Å². The summed E-state index contributed by atoms with van der Waals surface area (Å²) >= 11 is 3.46. The number of hydrogen-bond acceptors (Lipinski definition) is 3. The summed E-state index contributed by atoms with van der Waals surface area (Å²) in [4.78, 5) is 0. The summed E-state index contributed by atoms with van der Waals surface area (Å²) in [7, 11) is 3.54. The quantitative estimate of drug-likeness (QED) is 0.945. The molecule has 0 aliphatic carbocycles. The number of halogens is 1. The van der Waals surface area contributed by atoms with Gasteiger partial charge in [0.15, 0.2) is 0 Å². The summed E-state index contributed by atoms with van der Waals surface area (Å²) in [5, 5.41) is 4.33. The van der Waals surface area contributed by atoms with Crippen molar-refractivity contribution in [3.63, 3.8) is 0 Å². The van der Waals surface area contributed by atoms with E-state index in [1.54, 1.807) is 11.8 Å². The average Bonchev–Trinajstić information content (AvgIpc) is 2.70. The molecule has 0 aliphatic heterocycles. The highest BCUT2D eigenvalue weighted by Gasteiger charge is 2.13. The molecule has 2 rings (SSSR count). The molecule has 17 heavy (non-hydrogen) atoms. The van der Waals surface area contributed by atoms with E-state index in [9.17, 15) is 0 Å². The minimum absolute atomic E-state index is 0.409. The summed E-state index contributed by atoms with van der Waals surface area (Å²) in [6, 6.07) is 5.88. The normalized spacial score (nSPS) is 10.6. The molecule has 0 unspecified atom stereocenters. The Morgan fingerprint density at radius 3 is 2.82 bits per heavy atom. The number of nitrogens with two attached hydrogens (primary N) is 1. The second-order valence-electron chi connectivity index (χ2n) is 3.71. The lowest BCUT2D eigenvalue weighted by Crippen LogP contribution is -2.00. The van der Waals surface area contributed by atoms with E-state index < -0.39 is 0 Å². The Bertz CT molecular complexity index is 537. The second kappa shape index (κ2) is 4.89. The third-order valence-electron chi connectivity index (χ3n) is 2.55. The van der Waals surface area contributed by atoms with Crippen LogP contribution >= 0.6 is 15.9 Å². The minimum Gasteiger partial charge on any atom is -0.496 e. The molecule has 0 spiro atoms. The molecule has 2 aromatic rings. The Morgan fingerprint density at radius 1 is 1.41 bits per heavy atom. The summed E-state index contributed by atoms with van der Waals surface area (Å²) in [6.45, 7) is 0.409. The lowest BCUT2D eigenvalue weighted by molar-refractivity contribution is 0.416. The number of methoxy groups -OCH3 is 1. The number of rotatable bonds is 3. The van der Waals surface area contributed by atoms with Crippen LogP contribution in [0.1, 0.15) is 5.69 Å². The number of benzene rings is 1. The van der Waals surface area contributed by atoms with Crippen molar-refractivity contribution in [3.8, 4) is 16.9 Å². The molecule has 4 nitrogen and oxygen atoms in total. The summed E-state index contributed by atoms with van der Waals surface area (Å²) < 4.78 is 8.13. The van der Waals surface area contributed by atoms with Crippen LogP contribution in [0.3, 0.4) is 0 Å². The Hall–Kier alpha value is -1.33. The smallest absolute Gasteiger partial charge is 0.126 e. The lowest BCUT2D eigenvalue weighted by atomic mass is 10.1. The number of nitrogens with zero attached hydrogens (tertiary/aromatic N) is 2. The van der Waals surface area contributed by atoms with Gasteiger partial charge in [0.1, 0.15) is 5.75 Å². The Labute approximate surface area is 109 Å². The van der Waals surface area contributed by atoms with Crippen LogP contribution in [0, 0.1) is 0 Å². The minimum atomic E-state index is 0.409. The van der Waals surface area contributed by atoms with Crippen molar-refractivity contribution in [2.24, 2.45) is 12.8 Å². The molecule has 0 bridgehead atoms. The fraction of sp³-hybridized carbons (Fsp3) is 0.250. The Kier molecular flexibility index (Phi) is 3.49. The summed E-state index contributed by atoms with van der Waals surface area (Å²) in [5.41, 5.74) is 8.57. The first-order chi connectivity index (χ1) is 8.15. The van der Waals surface area contributed by atoms with Crippen molar-refractivity contribution >= 4 is 15.9 Å². The van der Waals surface area contributed by atoms with Crippen molar-refractivity contribution < 1.29 is 4.74 Å². The van der Waals surface area contributed by atoms with Gasteiger partial charge in [-0.05, 0) is 18.2 Å². The largest absolute Gasteiger partial charge is 0.496 e. The summed E-state index contributed by atoms with van der Waals surface area (Å²) in [6.07, 6.45) is 1.95. The second-order valence-corrected chi connectivity index (χ2v) is 4.63. The van der Waals surface area contributed by atoms with E-state index in [1.165, 1.54) is 0 Å². The topological polar surface area (TPSA) is 53.1 Å². The molecular weight excluding hydrogens is 282 g/mol. The molecule has 1 heterocycles. The van der Waals surface area contributed by atoms with Crippen molar-refractivity contribution in [3.05, 3.63) is 34.6 Å². The van der Waals surface area contributed by atoms with Gasteiger partial charge in [-0.2, -0.15) is 5.10 Å². The van der Waals surface area contributed by atoms with Gasteiger partial charge in [-0.3, -0.25) is 4.68 Å². The molecule has 90 valence electrons. The Morgan fingerprint density at radius 2 is 2.18 bits per heavy atom. The molecule has 1 aromatic heterocycles. The van der Waals surface area contributed by atoms with Gasteiger partial charge in [0, 0.05) is 35.4 Å². The number of aromatic nitrogens is 2. The van der Waals surface area contributed by atoms with E-state index in [4.69, 9.17) is 10.5 Å².